The third-order valence-corrected chi connectivity index (χ3v) is 3.06. The summed E-state index contributed by atoms with van der Waals surface area (Å²) in [6.45, 7) is 3.13. The van der Waals surface area contributed by atoms with Gasteiger partial charge in [-0.1, -0.05) is 30.7 Å². The van der Waals surface area contributed by atoms with Crippen LogP contribution in [-0.4, -0.2) is 43.3 Å². The van der Waals surface area contributed by atoms with Crippen molar-refractivity contribution < 1.29 is 9.59 Å². The molecule has 1 aromatic rings. The van der Waals surface area contributed by atoms with Crippen molar-refractivity contribution in [2.45, 2.75) is 13.3 Å². The summed E-state index contributed by atoms with van der Waals surface area (Å²) in [5.41, 5.74) is 0.502. The number of amides is 1. The lowest BCUT2D eigenvalue weighted by atomic mass is 10.1. The predicted molar refractivity (Wildman–Crippen MR) is 76.6 cm³/mol. The quantitative estimate of drug-likeness (QED) is 0.778. The molecule has 0 radical (unpaired) electrons. The number of carbonyl (C=O) groups is 2. The average molecular weight is 283 g/mol. The summed E-state index contributed by atoms with van der Waals surface area (Å²) < 4.78 is 0. The molecule has 0 heterocycles. The molecule has 0 unspecified atom stereocenters. The van der Waals surface area contributed by atoms with Gasteiger partial charge in [0.05, 0.1) is 18.1 Å². The minimum atomic E-state index is -0.0968. The monoisotopic (exact) mass is 282 g/mol. The average Bonchev–Trinajstić information content (AvgIpc) is 2.39. The molecule has 0 aliphatic rings. The van der Waals surface area contributed by atoms with Crippen molar-refractivity contribution >= 4 is 23.3 Å². The molecule has 0 aliphatic heterocycles. The van der Waals surface area contributed by atoms with Crippen LogP contribution < -0.4 is 5.32 Å². The van der Waals surface area contributed by atoms with Crippen molar-refractivity contribution in [2.75, 3.05) is 26.7 Å². The second kappa shape index (κ2) is 7.92. The van der Waals surface area contributed by atoms with Gasteiger partial charge in [-0.2, -0.15) is 0 Å². The largest absolute Gasteiger partial charge is 0.358 e. The van der Waals surface area contributed by atoms with Crippen LogP contribution in [0.15, 0.2) is 24.3 Å². The predicted octanol–water partition coefficient (Wildman–Crippen LogP) is 1.98. The van der Waals surface area contributed by atoms with E-state index in [1.54, 1.807) is 31.3 Å². The minimum Gasteiger partial charge on any atom is -0.358 e. The van der Waals surface area contributed by atoms with Gasteiger partial charge in [0.25, 0.3) is 0 Å². The van der Waals surface area contributed by atoms with Gasteiger partial charge in [-0.05, 0) is 25.1 Å². The molecule has 104 valence electrons. The highest BCUT2D eigenvalue weighted by Gasteiger charge is 2.16. The van der Waals surface area contributed by atoms with Gasteiger partial charge in [0, 0.05) is 12.6 Å². The summed E-state index contributed by atoms with van der Waals surface area (Å²) in [5, 5.41) is 3.01. The number of Topliss-reactive ketones (excluding diaryl/α,β-unsaturated/α-hetero) is 1. The fourth-order valence-corrected chi connectivity index (χ4v) is 2.03. The molecule has 0 fully saturated rings. The molecule has 1 aromatic carbocycles. The molecule has 19 heavy (non-hydrogen) atoms. The van der Waals surface area contributed by atoms with E-state index in [-0.39, 0.29) is 24.8 Å². The third kappa shape index (κ3) is 5.01. The van der Waals surface area contributed by atoms with E-state index in [9.17, 15) is 9.59 Å². The number of nitrogens with one attached hydrogen (secondary N) is 1. The van der Waals surface area contributed by atoms with E-state index >= 15 is 0 Å². The first-order chi connectivity index (χ1) is 9.08. The molecule has 4 nitrogen and oxygen atoms in total. The van der Waals surface area contributed by atoms with E-state index in [4.69, 9.17) is 11.6 Å². The van der Waals surface area contributed by atoms with E-state index in [2.05, 4.69) is 5.32 Å². The molecule has 5 heteroatoms. The summed E-state index contributed by atoms with van der Waals surface area (Å²) in [5.74, 6) is -0.164. The summed E-state index contributed by atoms with van der Waals surface area (Å²) in [6, 6.07) is 6.96. The van der Waals surface area contributed by atoms with Crippen LogP contribution >= 0.6 is 11.6 Å². The van der Waals surface area contributed by atoms with Crippen LogP contribution in [0.1, 0.15) is 23.7 Å². The van der Waals surface area contributed by atoms with Crippen molar-refractivity contribution in [3.05, 3.63) is 34.9 Å². The molecule has 1 rings (SSSR count). The highest BCUT2D eigenvalue weighted by atomic mass is 35.5. The van der Waals surface area contributed by atoms with E-state index in [0.29, 0.717) is 17.1 Å². The lowest BCUT2D eigenvalue weighted by Crippen LogP contribution is -2.39. The Bertz CT molecular complexity index is 449. The molecule has 0 aliphatic carbocycles. The fourth-order valence-electron chi connectivity index (χ4n) is 1.79. The SMILES string of the molecule is CCCN(CC(=O)NC)CC(=O)c1ccccc1Cl. The van der Waals surface area contributed by atoms with Crippen molar-refractivity contribution in [3.8, 4) is 0 Å². The molecule has 1 N–H and O–H groups in total. The summed E-state index contributed by atoms with van der Waals surface area (Å²) >= 11 is 5.99. The molecule has 0 spiro atoms. The number of hydrogen-bond acceptors (Lipinski definition) is 3. The topological polar surface area (TPSA) is 49.4 Å². The Hall–Kier alpha value is -1.39. The zero-order valence-electron chi connectivity index (χ0n) is 11.3. The summed E-state index contributed by atoms with van der Waals surface area (Å²) in [7, 11) is 1.59. The minimum absolute atomic E-state index is 0.0667. The number of benzene rings is 1. The van der Waals surface area contributed by atoms with Crippen LogP contribution in [0.3, 0.4) is 0 Å². The van der Waals surface area contributed by atoms with Gasteiger partial charge < -0.3 is 5.32 Å². The Kier molecular flexibility index (Phi) is 6.53. The maximum atomic E-state index is 12.2. The zero-order valence-corrected chi connectivity index (χ0v) is 12.0. The van der Waals surface area contributed by atoms with E-state index in [1.807, 2.05) is 11.8 Å². The third-order valence-electron chi connectivity index (χ3n) is 2.73. The fraction of sp³-hybridized carbons (Fsp3) is 0.429. The van der Waals surface area contributed by atoms with E-state index < -0.39 is 0 Å². The normalized spacial score (nSPS) is 10.5. The van der Waals surface area contributed by atoms with E-state index in [1.165, 1.54) is 0 Å². The molecular formula is C14H19ClN2O2. The van der Waals surface area contributed by atoms with Crippen molar-refractivity contribution in [2.24, 2.45) is 0 Å². The lowest BCUT2D eigenvalue weighted by molar-refractivity contribution is -0.121. The number of carbonyl (C=O) groups excluding carboxylic acids is 2. The molecule has 0 aromatic heterocycles. The number of ketones is 1. The Balaban J connectivity index is 2.71. The molecule has 0 bridgehead atoms. The van der Waals surface area contributed by atoms with Crippen LogP contribution in [0.4, 0.5) is 0 Å². The highest BCUT2D eigenvalue weighted by molar-refractivity contribution is 6.34. The van der Waals surface area contributed by atoms with Crippen molar-refractivity contribution in [3.63, 3.8) is 0 Å². The maximum Gasteiger partial charge on any atom is 0.233 e. The molecule has 0 atom stereocenters. The molecule has 0 saturated carbocycles. The van der Waals surface area contributed by atoms with Gasteiger partial charge in [-0.25, -0.2) is 0 Å². The summed E-state index contributed by atoms with van der Waals surface area (Å²) in [4.78, 5) is 25.4. The Labute approximate surface area is 118 Å². The smallest absolute Gasteiger partial charge is 0.233 e. The highest BCUT2D eigenvalue weighted by Crippen LogP contribution is 2.15. The first-order valence-corrected chi connectivity index (χ1v) is 6.67. The standard InChI is InChI=1S/C14H19ClN2O2/c1-3-8-17(10-14(19)16-2)9-13(18)11-6-4-5-7-12(11)15/h4-7H,3,8-10H2,1-2H3,(H,16,19). The number of halogens is 1. The van der Waals surface area contributed by atoms with Gasteiger partial charge in [0.2, 0.25) is 5.91 Å². The van der Waals surface area contributed by atoms with Gasteiger partial charge in [0.1, 0.15) is 0 Å². The van der Waals surface area contributed by atoms with Crippen molar-refractivity contribution in [1.29, 1.82) is 0 Å². The zero-order chi connectivity index (χ0) is 14.3. The number of nitrogens with zero attached hydrogens (tertiary/aromatic N) is 1. The van der Waals surface area contributed by atoms with Crippen molar-refractivity contribution in [1.82, 2.24) is 10.2 Å². The first kappa shape index (κ1) is 15.7. The number of rotatable bonds is 7. The van der Waals surface area contributed by atoms with Gasteiger partial charge in [0.15, 0.2) is 5.78 Å². The number of hydrogen-bond donors (Lipinski definition) is 1. The van der Waals surface area contributed by atoms with Crippen LogP contribution in [0.25, 0.3) is 0 Å². The van der Waals surface area contributed by atoms with E-state index in [0.717, 1.165) is 6.42 Å². The van der Waals surface area contributed by atoms with Crippen LogP contribution in [-0.2, 0) is 4.79 Å². The second-order valence-corrected chi connectivity index (χ2v) is 4.69. The molecule has 1 amide bonds. The molecular weight excluding hydrogens is 264 g/mol. The van der Waals surface area contributed by atoms with Gasteiger partial charge in [-0.15, -0.1) is 0 Å². The van der Waals surface area contributed by atoms with Gasteiger partial charge in [-0.3, -0.25) is 14.5 Å². The Morgan fingerprint density at radius 2 is 1.95 bits per heavy atom. The lowest BCUT2D eigenvalue weighted by Gasteiger charge is -2.20. The Morgan fingerprint density at radius 3 is 2.53 bits per heavy atom. The molecule has 0 saturated heterocycles. The van der Waals surface area contributed by atoms with Crippen LogP contribution in [0.2, 0.25) is 5.02 Å². The van der Waals surface area contributed by atoms with Crippen LogP contribution in [0, 0.1) is 0 Å². The van der Waals surface area contributed by atoms with Crippen LogP contribution in [0.5, 0.6) is 0 Å². The Morgan fingerprint density at radius 1 is 1.26 bits per heavy atom. The number of likely N-dealkylation sites (N-methyl/N-ethyl adjacent to an activating group) is 1. The maximum absolute atomic E-state index is 12.2. The summed E-state index contributed by atoms with van der Waals surface area (Å²) in [6.07, 6.45) is 0.882. The second-order valence-electron chi connectivity index (χ2n) is 4.29. The first-order valence-electron chi connectivity index (χ1n) is 6.29. The van der Waals surface area contributed by atoms with Gasteiger partial charge >= 0.3 is 0 Å².